The lowest BCUT2D eigenvalue weighted by Crippen LogP contribution is -2.48. The second kappa shape index (κ2) is 11.0. The first-order valence-electron chi connectivity index (χ1n) is 10.4. The summed E-state index contributed by atoms with van der Waals surface area (Å²) in [5.74, 6) is 3.50. The van der Waals surface area contributed by atoms with Crippen molar-refractivity contribution in [2.75, 3.05) is 32.9 Å². The number of aliphatic imine (C=N–C) groups is 1. The first-order valence-corrected chi connectivity index (χ1v) is 11.4. The van der Waals surface area contributed by atoms with Crippen LogP contribution in [0.3, 0.4) is 0 Å². The summed E-state index contributed by atoms with van der Waals surface area (Å²) in [5, 5.41) is 11.4. The number of rotatable bonds is 8. The average Bonchev–Trinajstić information content (AvgIpc) is 3.17. The molecule has 1 aliphatic rings. The van der Waals surface area contributed by atoms with Crippen LogP contribution in [0.5, 0.6) is 0 Å². The minimum atomic E-state index is -0.0236. The molecule has 0 fully saturated rings. The van der Waals surface area contributed by atoms with Crippen LogP contribution in [0, 0.1) is 0 Å². The number of carbonyl (C=O) groups is 1. The van der Waals surface area contributed by atoms with E-state index in [2.05, 4.69) is 44.8 Å². The summed E-state index contributed by atoms with van der Waals surface area (Å²) in [6.45, 7) is 3.70. The minimum Gasteiger partial charge on any atom is -0.356 e. The van der Waals surface area contributed by atoms with Crippen molar-refractivity contribution in [1.29, 1.82) is 0 Å². The zero-order chi connectivity index (χ0) is 21.3. The van der Waals surface area contributed by atoms with Gasteiger partial charge in [0.25, 0.3) is 0 Å². The fraction of sp³-hybridized carbons (Fsp3) is 0.524. The van der Waals surface area contributed by atoms with E-state index in [9.17, 15) is 4.79 Å². The first kappa shape index (κ1) is 22.1. The second-order valence-corrected chi connectivity index (χ2v) is 8.57. The highest BCUT2D eigenvalue weighted by Crippen LogP contribution is 2.16. The number of carbonyl (C=O) groups excluding carboxylic acids is 1. The summed E-state index contributed by atoms with van der Waals surface area (Å²) in [6.07, 6.45) is 2.69. The molecular weight excluding hydrogens is 398 g/mol. The Balaban J connectivity index is 1.56. The van der Waals surface area contributed by atoms with E-state index in [-0.39, 0.29) is 18.5 Å². The van der Waals surface area contributed by atoms with Crippen molar-refractivity contribution >= 4 is 23.6 Å². The van der Waals surface area contributed by atoms with Crippen LogP contribution < -0.4 is 10.6 Å². The standard InChI is InChI=1S/C21H31N7OS/c1-4-18-25-19-11-10-16(15-28(19)26-18)24-21(23-14-20(29)27(2)3)22-12-13-30-17-8-6-5-7-9-17/h5-9,16H,4,10-15H2,1-3H3,(H2,22,23,24). The van der Waals surface area contributed by atoms with Gasteiger partial charge in [0.05, 0.1) is 6.54 Å². The highest BCUT2D eigenvalue weighted by atomic mass is 32.2. The van der Waals surface area contributed by atoms with Crippen LogP contribution in [0.1, 0.15) is 25.0 Å². The number of hydrogen-bond donors (Lipinski definition) is 2. The number of fused-ring (bicyclic) bond motifs is 1. The van der Waals surface area contributed by atoms with Crippen LogP contribution in [0.2, 0.25) is 0 Å². The molecule has 0 saturated carbocycles. The Labute approximate surface area is 182 Å². The maximum absolute atomic E-state index is 12.0. The molecule has 0 spiro atoms. The summed E-state index contributed by atoms with van der Waals surface area (Å²) in [4.78, 5) is 23.9. The van der Waals surface area contributed by atoms with E-state index in [0.29, 0.717) is 5.96 Å². The third kappa shape index (κ3) is 6.48. The Morgan fingerprint density at radius 2 is 2.13 bits per heavy atom. The molecule has 8 nitrogen and oxygen atoms in total. The maximum Gasteiger partial charge on any atom is 0.243 e. The van der Waals surface area contributed by atoms with Crippen molar-refractivity contribution in [2.45, 2.75) is 43.7 Å². The van der Waals surface area contributed by atoms with Gasteiger partial charge in [-0.15, -0.1) is 11.8 Å². The fourth-order valence-corrected chi connectivity index (χ4v) is 3.91. The number of nitrogens with zero attached hydrogens (tertiary/aromatic N) is 5. The van der Waals surface area contributed by atoms with E-state index < -0.39 is 0 Å². The van der Waals surface area contributed by atoms with Crippen molar-refractivity contribution in [3.05, 3.63) is 42.0 Å². The van der Waals surface area contributed by atoms with Gasteiger partial charge in [0.15, 0.2) is 11.8 Å². The molecule has 9 heteroatoms. The number of benzene rings is 1. The second-order valence-electron chi connectivity index (χ2n) is 7.40. The van der Waals surface area contributed by atoms with Gasteiger partial charge in [-0.1, -0.05) is 25.1 Å². The molecule has 2 heterocycles. The lowest BCUT2D eigenvalue weighted by atomic mass is 10.1. The molecular formula is C21H31N7OS. The van der Waals surface area contributed by atoms with E-state index >= 15 is 0 Å². The van der Waals surface area contributed by atoms with Gasteiger partial charge in [0.1, 0.15) is 12.4 Å². The first-order chi connectivity index (χ1) is 14.5. The molecule has 1 aromatic heterocycles. The van der Waals surface area contributed by atoms with Crippen molar-refractivity contribution in [3.8, 4) is 0 Å². The Bertz CT molecular complexity index is 850. The van der Waals surface area contributed by atoms with Gasteiger partial charge >= 0.3 is 0 Å². The minimum absolute atomic E-state index is 0.0236. The van der Waals surface area contributed by atoms with Crippen molar-refractivity contribution < 1.29 is 4.79 Å². The van der Waals surface area contributed by atoms with Crippen molar-refractivity contribution in [3.63, 3.8) is 0 Å². The van der Waals surface area contributed by atoms with Gasteiger partial charge in [-0.3, -0.25) is 4.79 Å². The predicted octanol–water partition coefficient (Wildman–Crippen LogP) is 1.57. The molecule has 1 aromatic carbocycles. The summed E-state index contributed by atoms with van der Waals surface area (Å²) in [5.41, 5.74) is 0. The van der Waals surface area contributed by atoms with E-state index in [4.69, 9.17) is 0 Å². The Morgan fingerprint density at radius 3 is 2.87 bits per heavy atom. The van der Waals surface area contributed by atoms with Crippen molar-refractivity contribution in [2.24, 2.45) is 4.99 Å². The number of guanidine groups is 1. The van der Waals surface area contributed by atoms with Gasteiger partial charge in [-0.2, -0.15) is 5.10 Å². The van der Waals surface area contributed by atoms with Crippen LogP contribution in [0.25, 0.3) is 0 Å². The SMILES string of the molecule is CCc1nc2n(n1)CC(NC(=NCC(=O)N(C)C)NCCSc1ccccc1)CC2. The Hall–Kier alpha value is -2.55. The van der Waals surface area contributed by atoms with E-state index in [1.165, 1.54) is 4.90 Å². The molecule has 2 aromatic rings. The van der Waals surface area contributed by atoms with Gasteiger partial charge in [-0.05, 0) is 18.6 Å². The predicted molar refractivity (Wildman–Crippen MR) is 121 cm³/mol. The topological polar surface area (TPSA) is 87.4 Å². The number of aryl methyl sites for hydroxylation is 2. The fourth-order valence-electron chi connectivity index (χ4n) is 3.12. The van der Waals surface area contributed by atoms with Crippen LogP contribution in [0.15, 0.2) is 40.2 Å². The zero-order valence-corrected chi connectivity index (χ0v) is 18.8. The number of nitrogens with one attached hydrogen (secondary N) is 2. The molecule has 1 unspecified atom stereocenters. The van der Waals surface area contributed by atoms with Crippen LogP contribution in [0.4, 0.5) is 0 Å². The molecule has 0 saturated heterocycles. The van der Waals surface area contributed by atoms with Crippen LogP contribution >= 0.6 is 11.8 Å². The number of likely N-dealkylation sites (N-methyl/N-ethyl adjacent to an activating group) is 1. The summed E-state index contributed by atoms with van der Waals surface area (Å²) in [7, 11) is 3.49. The van der Waals surface area contributed by atoms with Gasteiger partial charge < -0.3 is 15.5 Å². The molecule has 2 N–H and O–H groups in total. The molecule has 1 atom stereocenters. The number of thioether (sulfide) groups is 1. The zero-order valence-electron chi connectivity index (χ0n) is 18.0. The van der Waals surface area contributed by atoms with Crippen LogP contribution in [-0.4, -0.2) is 70.5 Å². The molecule has 162 valence electrons. The van der Waals surface area contributed by atoms with Crippen LogP contribution in [-0.2, 0) is 24.2 Å². The lowest BCUT2D eigenvalue weighted by molar-refractivity contribution is -0.127. The van der Waals surface area contributed by atoms with E-state index in [1.807, 2.05) is 22.9 Å². The molecule has 3 rings (SSSR count). The molecule has 30 heavy (non-hydrogen) atoms. The molecule has 0 radical (unpaired) electrons. The molecule has 0 aliphatic carbocycles. The smallest absolute Gasteiger partial charge is 0.243 e. The Kier molecular flexibility index (Phi) is 8.12. The number of amides is 1. The van der Waals surface area contributed by atoms with E-state index in [1.54, 1.807) is 30.8 Å². The van der Waals surface area contributed by atoms with Gasteiger partial charge in [0, 0.05) is 50.2 Å². The summed E-state index contributed by atoms with van der Waals surface area (Å²) < 4.78 is 1.99. The molecule has 1 amide bonds. The third-order valence-corrected chi connectivity index (χ3v) is 5.85. The monoisotopic (exact) mass is 429 g/mol. The van der Waals surface area contributed by atoms with Gasteiger partial charge in [0.2, 0.25) is 5.91 Å². The number of aromatic nitrogens is 3. The average molecular weight is 430 g/mol. The molecule has 0 bridgehead atoms. The molecule has 1 aliphatic heterocycles. The van der Waals surface area contributed by atoms with Gasteiger partial charge in [-0.25, -0.2) is 14.7 Å². The maximum atomic E-state index is 12.0. The Morgan fingerprint density at radius 1 is 1.33 bits per heavy atom. The quantitative estimate of drug-likeness (QED) is 0.287. The van der Waals surface area contributed by atoms with Crippen molar-refractivity contribution in [1.82, 2.24) is 30.3 Å². The lowest BCUT2D eigenvalue weighted by Gasteiger charge is -2.25. The normalized spacial score (nSPS) is 16.1. The third-order valence-electron chi connectivity index (χ3n) is 4.84. The summed E-state index contributed by atoms with van der Waals surface area (Å²) in [6, 6.07) is 10.5. The largest absolute Gasteiger partial charge is 0.356 e. The van der Waals surface area contributed by atoms with E-state index in [0.717, 1.165) is 49.8 Å². The number of hydrogen-bond acceptors (Lipinski definition) is 5. The highest BCUT2D eigenvalue weighted by molar-refractivity contribution is 7.99. The summed E-state index contributed by atoms with van der Waals surface area (Å²) >= 11 is 1.79. The highest BCUT2D eigenvalue weighted by Gasteiger charge is 2.22.